The molecule has 1 amide bonds. The van der Waals surface area contributed by atoms with Crippen molar-refractivity contribution in [1.29, 1.82) is 0 Å². The lowest BCUT2D eigenvalue weighted by atomic mass is 10.1. The fourth-order valence-corrected chi connectivity index (χ4v) is 6.62. The van der Waals surface area contributed by atoms with E-state index in [1.54, 1.807) is 0 Å². The lowest BCUT2D eigenvalue weighted by molar-refractivity contribution is 0.0122. The summed E-state index contributed by atoms with van der Waals surface area (Å²) in [5.74, 6) is -0.296. The first-order valence-corrected chi connectivity index (χ1v) is 16.0. The minimum absolute atomic E-state index is 0.000876. The van der Waals surface area contributed by atoms with Crippen LogP contribution in [0.25, 0.3) is 10.9 Å². The average molecular weight is 642 g/mol. The second-order valence-electron chi connectivity index (χ2n) is 13.2. The Kier molecular flexibility index (Phi) is 9.28. The van der Waals surface area contributed by atoms with Crippen molar-refractivity contribution in [2.45, 2.75) is 63.9 Å². The van der Waals surface area contributed by atoms with Crippen molar-refractivity contribution in [1.82, 2.24) is 29.7 Å². The molecule has 13 heteroatoms. The van der Waals surface area contributed by atoms with Gasteiger partial charge in [-0.3, -0.25) is 14.7 Å². The molecule has 45 heavy (non-hydrogen) atoms. The number of aliphatic hydroxyl groups is 1. The molecule has 0 radical (unpaired) electrons. The van der Waals surface area contributed by atoms with E-state index in [0.717, 1.165) is 45.6 Å². The van der Waals surface area contributed by atoms with E-state index in [0.29, 0.717) is 30.8 Å². The summed E-state index contributed by atoms with van der Waals surface area (Å²) < 4.78 is 26.8. The maximum atomic E-state index is 15.2. The number of carbonyl (C=O) groups excluding carboxylic acids is 1. The number of nitrogens with zero attached hydrogens (tertiary/aromatic N) is 7. The van der Waals surface area contributed by atoms with Crippen LogP contribution in [-0.2, 0) is 11.3 Å². The Morgan fingerprint density at radius 2 is 1.73 bits per heavy atom. The summed E-state index contributed by atoms with van der Waals surface area (Å²) in [5, 5.41) is 10.9. The standard InChI is InChI=1S/C32H41ClFN7O4/c1-32(2,3)45-31(43)41-22-9-10-23(41)18-40(17-22)29-25-15-35-28(33)26(34)27(25)36-30(37-29)44-20-24(42)19-39-13-11-38(12-14-39)16-21-7-5-4-6-8-21/h4-8,15,22-24,42H,9-14,16-20H2,1-3H3/t22?,23?,24-/m1/s1. The number of rotatable bonds is 8. The molecular weight excluding hydrogens is 601 g/mol. The van der Waals surface area contributed by atoms with Crippen LogP contribution in [-0.4, -0.2) is 117 Å². The molecule has 0 spiro atoms. The number of piperazine rings is 2. The fourth-order valence-electron chi connectivity index (χ4n) is 6.49. The zero-order chi connectivity index (χ0) is 31.7. The molecule has 0 saturated carbocycles. The van der Waals surface area contributed by atoms with Crippen LogP contribution in [0.3, 0.4) is 0 Å². The first kappa shape index (κ1) is 31.7. The summed E-state index contributed by atoms with van der Waals surface area (Å²) in [5.41, 5.74) is 0.702. The second-order valence-corrected chi connectivity index (χ2v) is 13.5. The number of pyridine rings is 1. The van der Waals surface area contributed by atoms with Crippen LogP contribution in [0.4, 0.5) is 15.0 Å². The van der Waals surface area contributed by atoms with Crippen molar-refractivity contribution in [3.05, 3.63) is 53.1 Å². The third-order valence-electron chi connectivity index (χ3n) is 8.57. The minimum atomic E-state index is -0.785. The van der Waals surface area contributed by atoms with Crippen molar-refractivity contribution in [3.63, 3.8) is 0 Å². The molecule has 0 aliphatic carbocycles. The van der Waals surface area contributed by atoms with Crippen LogP contribution >= 0.6 is 11.6 Å². The van der Waals surface area contributed by atoms with Gasteiger partial charge < -0.3 is 19.5 Å². The van der Waals surface area contributed by atoms with E-state index < -0.39 is 17.5 Å². The third-order valence-corrected chi connectivity index (χ3v) is 8.84. The number of amides is 1. The third kappa shape index (κ3) is 7.40. The highest BCUT2D eigenvalue weighted by Crippen LogP contribution is 2.37. The number of hydrogen-bond donors (Lipinski definition) is 1. The van der Waals surface area contributed by atoms with E-state index in [-0.39, 0.29) is 41.5 Å². The summed E-state index contributed by atoms with van der Waals surface area (Å²) in [7, 11) is 0. The van der Waals surface area contributed by atoms with E-state index in [4.69, 9.17) is 21.1 Å². The monoisotopic (exact) mass is 641 g/mol. The van der Waals surface area contributed by atoms with Gasteiger partial charge in [-0.2, -0.15) is 9.97 Å². The molecule has 2 aromatic heterocycles. The van der Waals surface area contributed by atoms with Gasteiger partial charge in [0.25, 0.3) is 0 Å². The molecule has 3 fully saturated rings. The SMILES string of the molecule is CC(C)(C)OC(=O)N1C2CCC1CN(c1nc(OC[C@H](O)CN3CCN(Cc4ccccc4)CC3)nc3c(F)c(Cl)ncc13)C2. The zero-order valence-corrected chi connectivity index (χ0v) is 26.8. The Balaban J connectivity index is 1.11. The summed E-state index contributed by atoms with van der Waals surface area (Å²) in [6, 6.07) is 10.2. The summed E-state index contributed by atoms with van der Waals surface area (Å²) >= 11 is 6.02. The lowest BCUT2D eigenvalue weighted by Crippen LogP contribution is -2.57. The average Bonchev–Trinajstić information content (AvgIpc) is 3.28. The highest BCUT2D eigenvalue weighted by molar-refractivity contribution is 6.30. The quantitative estimate of drug-likeness (QED) is 0.363. The molecule has 242 valence electrons. The van der Waals surface area contributed by atoms with Crippen LogP contribution in [0, 0.1) is 5.82 Å². The predicted octanol–water partition coefficient (Wildman–Crippen LogP) is 3.96. The molecule has 1 N–H and O–H groups in total. The van der Waals surface area contributed by atoms with Gasteiger partial charge in [-0.25, -0.2) is 14.2 Å². The lowest BCUT2D eigenvalue weighted by Gasteiger charge is -2.42. The highest BCUT2D eigenvalue weighted by Gasteiger charge is 2.45. The molecule has 2 unspecified atom stereocenters. The molecule has 3 aliphatic heterocycles. The van der Waals surface area contributed by atoms with Crippen molar-refractivity contribution in [2.75, 3.05) is 57.3 Å². The smallest absolute Gasteiger partial charge is 0.410 e. The van der Waals surface area contributed by atoms with Crippen molar-refractivity contribution < 1.29 is 23.8 Å². The van der Waals surface area contributed by atoms with Gasteiger partial charge in [0.1, 0.15) is 29.6 Å². The minimum Gasteiger partial charge on any atom is -0.461 e. The largest absolute Gasteiger partial charge is 0.461 e. The second kappa shape index (κ2) is 13.2. The number of anilines is 1. The molecule has 3 aromatic rings. The number of aliphatic hydroxyl groups excluding tert-OH is 1. The highest BCUT2D eigenvalue weighted by atomic mass is 35.5. The molecule has 3 aliphatic rings. The maximum Gasteiger partial charge on any atom is 0.410 e. The number of hydrogen-bond acceptors (Lipinski definition) is 10. The predicted molar refractivity (Wildman–Crippen MR) is 169 cm³/mol. The van der Waals surface area contributed by atoms with Crippen LogP contribution in [0.1, 0.15) is 39.2 Å². The Morgan fingerprint density at radius 1 is 1.07 bits per heavy atom. The Bertz CT molecular complexity index is 1490. The topological polar surface area (TPSA) is 107 Å². The molecule has 11 nitrogen and oxygen atoms in total. The maximum absolute atomic E-state index is 15.2. The number of halogens is 2. The Morgan fingerprint density at radius 3 is 2.40 bits per heavy atom. The van der Waals surface area contributed by atoms with Crippen LogP contribution in [0.2, 0.25) is 5.15 Å². The van der Waals surface area contributed by atoms with Crippen molar-refractivity contribution >= 4 is 34.4 Å². The molecule has 2 bridgehead atoms. The molecule has 5 heterocycles. The van der Waals surface area contributed by atoms with Gasteiger partial charge in [0.05, 0.1) is 17.5 Å². The van der Waals surface area contributed by atoms with Crippen LogP contribution in [0.5, 0.6) is 6.01 Å². The van der Waals surface area contributed by atoms with E-state index in [1.807, 2.05) is 36.6 Å². The molecule has 6 rings (SSSR count). The summed E-state index contributed by atoms with van der Waals surface area (Å²) in [6.45, 7) is 11.4. The van der Waals surface area contributed by atoms with Gasteiger partial charge in [-0.05, 0) is 39.2 Å². The van der Waals surface area contributed by atoms with E-state index in [2.05, 4.69) is 49.0 Å². The summed E-state index contributed by atoms with van der Waals surface area (Å²) in [4.78, 5) is 34.5. The number of β-amino-alcohol motifs (C(OH)–C–C–N with tert-alkyl or cyclic N) is 1. The van der Waals surface area contributed by atoms with Gasteiger partial charge in [0.15, 0.2) is 11.0 Å². The van der Waals surface area contributed by atoms with E-state index in [9.17, 15) is 9.90 Å². The fraction of sp³-hybridized carbons (Fsp3) is 0.562. The molecule has 3 saturated heterocycles. The zero-order valence-electron chi connectivity index (χ0n) is 26.0. The van der Waals surface area contributed by atoms with E-state index in [1.165, 1.54) is 11.8 Å². The van der Waals surface area contributed by atoms with Gasteiger partial charge in [0.2, 0.25) is 0 Å². The van der Waals surface area contributed by atoms with E-state index >= 15 is 4.39 Å². The van der Waals surface area contributed by atoms with Gasteiger partial charge in [-0.1, -0.05) is 41.9 Å². The molecule has 3 atom stereocenters. The van der Waals surface area contributed by atoms with Gasteiger partial charge in [0, 0.05) is 58.6 Å². The number of ether oxygens (including phenoxy) is 2. The molecular formula is C32H41ClFN7O4. The Hall–Kier alpha value is -3.32. The Labute approximate surface area is 267 Å². The number of benzene rings is 1. The normalized spacial score (nSPS) is 21.7. The first-order chi connectivity index (χ1) is 21.5. The van der Waals surface area contributed by atoms with Crippen LogP contribution in [0.15, 0.2) is 36.5 Å². The summed E-state index contributed by atoms with van der Waals surface area (Å²) in [6.07, 6.45) is 2.02. The number of fused-ring (bicyclic) bond motifs is 3. The van der Waals surface area contributed by atoms with Crippen molar-refractivity contribution in [3.8, 4) is 6.01 Å². The van der Waals surface area contributed by atoms with Gasteiger partial charge >= 0.3 is 12.1 Å². The van der Waals surface area contributed by atoms with Crippen molar-refractivity contribution in [2.24, 2.45) is 0 Å². The van der Waals surface area contributed by atoms with Crippen LogP contribution < -0.4 is 9.64 Å². The number of carbonyl (C=O) groups is 1. The van der Waals surface area contributed by atoms with Gasteiger partial charge in [-0.15, -0.1) is 0 Å². The first-order valence-electron chi connectivity index (χ1n) is 15.6. The molecule has 1 aromatic carbocycles. The number of aromatic nitrogens is 3.